The highest BCUT2D eigenvalue weighted by atomic mass is 32.2. The molecule has 0 saturated heterocycles. The number of carbonyl (C=O) groups excluding carboxylic acids is 1. The highest BCUT2D eigenvalue weighted by Crippen LogP contribution is 2.21. The van der Waals surface area contributed by atoms with Crippen LogP contribution in [0.3, 0.4) is 0 Å². The molecule has 0 atom stereocenters. The zero-order valence-corrected chi connectivity index (χ0v) is 17.9. The number of aromatic nitrogens is 3. The molecule has 0 aliphatic carbocycles. The minimum absolute atomic E-state index is 0.0346. The van der Waals surface area contributed by atoms with Crippen molar-refractivity contribution in [3.8, 4) is 0 Å². The molecule has 1 amide bonds. The van der Waals surface area contributed by atoms with Crippen LogP contribution in [-0.2, 0) is 11.3 Å². The maximum atomic E-state index is 13.0. The van der Waals surface area contributed by atoms with Gasteiger partial charge in [-0.25, -0.2) is 4.79 Å². The van der Waals surface area contributed by atoms with Crippen LogP contribution in [0.25, 0.3) is 0 Å². The van der Waals surface area contributed by atoms with Gasteiger partial charge in [-0.2, -0.15) is 4.73 Å². The molecule has 0 aromatic carbocycles. The molecular formula is C19H27N5O4S. The van der Waals surface area contributed by atoms with E-state index in [-0.39, 0.29) is 41.5 Å². The molecule has 0 unspecified atom stereocenters. The van der Waals surface area contributed by atoms with E-state index in [4.69, 9.17) is 5.73 Å². The number of carbonyl (C=O) groups is 1. The molecule has 0 saturated carbocycles. The lowest BCUT2D eigenvalue weighted by Crippen LogP contribution is -2.43. The maximum Gasteiger partial charge on any atom is 0.330 e. The Morgan fingerprint density at radius 1 is 1.28 bits per heavy atom. The molecule has 10 heteroatoms. The van der Waals surface area contributed by atoms with Gasteiger partial charge in [-0.05, 0) is 29.7 Å². The van der Waals surface area contributed by atoms with Crippen LogP contribution in [0.4, 0.5) is 11.5 Å². The summed E-state index contributed by atoms with van der Waals surface area (Å²) >= 11 is 1.07. The monoisotopic (exact) mass is 421 g/mol. The summed E-state index contributed by atoms with van der Waals surface area (Å²) in [6.07, 6.45) is 1.35. The zero-order chi connectivity index (χ0) is 21.7. The lowest BCUT2D eigenvalue weighted by atomic mass is 10.2. The Labute approximate surface area is 173 Å². The predicted octanol–water partition coefficient (Wildman–Crippen LogP) is 1.19. The molecule has 2 aromatic heterocycles. The van der Waals surface area contributed by atoms with Crippen LogP contribution >= 0.6 is 11.8 Å². The van der Waals surface area contributed by atoms with Gasteiger partial charge in [-0.15, -0.1) is 0 Å². The Hall–Kier alpha value is -2.75. The van der Waals surface area contributed by atoms with E-state index in [1.807, 2.05) is 27.7 Å². The van der Waals surface area contributed by atoms with Crippen molar-refractivity contribution in [1.82, 2.24) is 9.55 Å². The molecule has 2 aromatic rings. The van der Waals surface area contributed by atoms with Gasteiger partial charge in [-0.3, -0.25) is 19.1 Å². The molecule has 0 radical (unpaired) electrons. The normalized spacial score (nSPS) is 11.2. The fraction of sp³-hybridized carbons (Fsp3) is 0.474. The second-order valence-electron chi connectivity index (χ2n) is 7.55. The van der Waals surface area contributed by atoms with E-state index < -0.39 is 11.2 Å². The quantitative estimate of drug-likeness (QED) is 0.374. The fourth-order valence-electron chi connectivity index (χ4n) is 2.81. The van der Waals surface area contributed by atoms with Gasteiger partial charge in [0.1, 0.15) is 5.82 Å². The van der Waals surface area contributed by atoms with Crippen LogP contribution in [-0.4, -0.2) is 27.8 Å². The summed E-state index contributed by atoms with van der Waals surface area (Å²) in [5, 5.41) is 12.2. The third-order valence-electron chi connectivity index (χ3n) is 4.01. The summed E-state index contributed by atoms with van der Waals surface area (Å²) in [4.78, 5) is 41.3. The number of rotatable bonds is 8. The Bertz CT molecular complexity index is 983. The standard InChI is InChI=1S/C19H27N5O4S/c1-12(2)9-22(14(25)11-29-15-7-5-6-8-24(15)28)16-17(20)23(10-13(3)4)19(27)21-18(16)26/h5-8,12-13H,9-11,20H2,1-4H3,(H,21,26,27). The first-order chi connectivity index (χ1) is 13.6. The molecule has 29 heavy (non-hydrogen) atoms. The van der Waals surface area contributed by atoms with Gasteiger partial charge in [0.25, 0.3) is 10.6 Å². The van der Waals surface area contributed by atoms with Crippen LogP contribution in [0.5, 0.6) is 0 Å². The van der Waals surface area contributed by atoms with E-state index in [0.29, 0.717) is 16.3 Å². The number of nitrogens with one attached hydrogen (secondary N) is 1. The molecule has 0 fully saturated rings. The van der Waals surface area contributed by atoms with E-state index in [1.165, 1.54) is 15.7 Å². The smallest absolute Gasteiger partial charge is 0.330 e. The third-order valence-corrected chi connectivity index (χ3v) is 5.02. The summed E-state index contributed by atoms with van der Waals surface area (Å²) in [6.45, 7) is 8.21. The number of thioether (sulfide) groups is 1. The van der Waals surface area contributed by atoms with E-state index in [1.54, 1.807) is 18.2 Å². The summed E-state index contributed by atoms with van der Waals surface area (Å²) in [5.74, 6) is -0.302. The second-order valence-corrected chi connectivity index (χ2v) is 8.54. The number of nitrogens with zero attached hydrogens (tertiary/aromatic N) is 3. The predicted molar refractivity (Wildman–Crippen MR) is 114 cm³/mol. The molecular weight excluding hydrogens is 394 g/mol. The van der Waals surface area contributed by atoms with E-state index in [0.717, 1.165) is 11.8 Å². The number of anilines is 2. The molecule has 158 valence electrons. The molecule has 2 heterocycles. The first-order valence-corrected chi connectivity index (χ1v) is 10.3. The van der Waals surface area contributed by atoms with Crippen molar-refractivity contribution in [2.24, 2.45) is 11.8 Å². The first-order valence-electron chi connectivity index (χ1n) is 9.35. The van der Waals surface area contributed by atoms with Crippen molar-refractivity contribution < 1.29 is 9.52 Å². The lowest BCUT2D eigenvalue weighted by molar-refractivity contribution is -0.645. The van der Waals surface area contributed by atoms with Gasteiger partial charge in [-0.1, -0.05) is 27.7 Å². The molecule has 2 rings (SSSR count). The van der Waals surface area contributed by atoms with Crippen LogP contribution in [0.2, 0.25) is 0 Å². The summed E-state index contributed by atoms with van der Waals surface area (Å²) in [7, 11) is 0. The molecule has 0 aliphatic rings. The van der Waals surface area contributed by atoms with Crippen molar-refractivity contribution in [2.75, 3.05) is 22.9 Å². The highest BCUT2D eigenvalue weighted by Gasteiger charge is 2.26. The third kappa shape index (κ3) is 5.63. The number of pyridine rings is 1. The van der Waals surface area contributed by atoms with Crippen LogP contribution in [0.15, 0.2) is 39.0 Å². The Morgan fingerprint density at radius 2 is 1.97 bits per heavy atom. The second kappa shape index (κ2) is 9.64. The van der Waals surface area contributed by atoms with Crippen molar-refractivity contribution >= 4 is 29.2 Å². The number of nitrogen functional groups attached to an aromatic ring is 1. The van der Waals surface area contributed by atoms with Gasteiger partial charge < -0.3 is 15.8 Å². The minimum Gasteiger partial charge on any atom is -0.618 e. The summed E-state index contributed by atoms with van der Waals surface area (Å²) in [5.41, 5.74) is 4.83. The Kier molecular flexibility index (Phi) is 7.49. The fourth-order valence-corrected chi connectivity index (χ4v) is 3.60. The van der Waals surface area contributed by atoms with Crippen molar-refractivity contribution in [3.05, 3.63) is 50.4 Å². The van der Waals surface area contributed by atoms with Crippen molar-refractivity contribution in [3.63, 3.8) is 0 Å². The molecule has 9 nitrogen and oxygen atoms in total. The average Bonchev–Trinajstić information content (AvgIpc) is 2.62. The van der Waals surface area contributed by atoms with E-state index >= 15 is 0 Å². The Morgan fingerprint density at radius 3 is 2.55 bits per heavy atom. The number of aromatic amines is 1. The number of hydrogen-bond donors (Lipinski definition) is 2. The zero-order valence-electron chi connectivity index (χ0n) is 17.0. The maximum absolute atomic E-state index is 13.0. The summed E-state index contributed by atoms with van der Waals surface area (Å²) in [6, 6.07) is 4.92. The first kappa shape index (κ1) is 22.5. The number of amides is 1. The van der Waals surface area contributed by atoms with Gasteiger partial charge >= 0.3 is 5.69 Å². The summed E-state index contributed by atoms with van der Waals surface area (Å²) < 4.78 is 1.95. The Balaban J connectivity index is 2.41. The van der Waals surface area contributed by atoms with Crippen LogP contribution in [0.1, 0.15) is 27.7 Å². The molecule has 0 spiro atoms. The topological polar surface area (TPSA) is 128 Å². The van der Waals surface area contributed by atoms with Gasteiger partial charge in [0, 0.05) is 25.2 Å². The van der Waals surface area contributed by atoms with Gasteiger partial charge in [0.2, 0.25) is 5.91 Å². The van der Waals surface area contributed by atoms with Crippen molar-refractivity contribution in [2.45, 2.75) is 39.3 Å². The van der Waals surface area contributed by atoms with Crippen molar-refractivity contribution in [1.29, 1.82) is 0 Å². The minimum atomic E-state index is -0.704. The van der Waals surface area contributed by atoms with Gasteiger partial charge in [0.05, 0.1) is 5.75 Å². The van der Waals surface area contributed by atoms with E-state index in [9.17, 15) is 19.6 Å². The largest absolute Gasteiger partial charge is 0.618 e. The number of hydrogen-bond acceptors (Lipinski definition) is 6. The van der Waals surface area contributed by atoms with Crippen LogP contribution < -0.4 is 26.6 Å². The average molecular weight is 422 g/mol. The van der Waals surface area contributed by atoms with E-state index in [2.05, 4.69) is 4.98 Å². The lowest BCUT2D eigenvalue weighted by Gasteiger charge is -2.26. The van der Waals surface area contributed by atoms with Gasteiger partial charge in [0.15, 0.2) is 11.9 Å². The SMILES string of the molecule is CC(C)CN(C(=O)CSc1cccc[n+]1[O-])c1c(N)n(CC(C)C)c(=O)[nH]c1=O. The molecule has 0 aliphatic heterocycles. The van der Waals surface area contributed by atoms with Crippen LogP contribution in [0, 0.1) is 17.0 Å². The highest BCUT2D eigenvalue weighted by molar-refractivity contribution is 7.99. The molecule has 0 bridgehead atoms. The number of H-pyrrole nitrogens is 1. The molecule has 3 N–H and O–H groups in total. The number of nitrogens with two attached hydrogens (primary N) is 1.